The molecular weight excluding hydrogens is 274 g/mol. The molecule has 0 aliphatic carbocycles. The molecule has 1 aliphatic heterocycles. The molecule has 4 heteroatoms. The maximum atomic E-state index is 9.61. The molecule has 0 radical (unpaired) electrons. The molecule has 1 aromatic rings. The van der Waals surface area contributed by atoms with Crippen LogP contribution in [0.5, 0.6) is 0 Å². The van der Waals surface area contributed by atoms with Crippen molar-refractivity contribution in [2.75, 3.05) is 23.3 Å². The summed E-state index contributed by atoms with van der Waals surface area (Å²) in [5.74, 6) is 0. The number of nitriles is 1. The monoisotopic (exact) mass is 301 g/mol. The SMILES string of the molecule is CCCCC(C)Nc1ccc(N2CCC(O)CC2)c(C#N)c1. The second-order valence-electron chi connectivity index (χ2n) is 6.25. The van der Waals surface area contributed by atoms with Crippen LogP contribution in [-0.2, 0) is 0 Å². The molecule has 120 valence electrons. The van der Waals surface area contributed by atoms with Crippen molar-refractivity contribution >= 4 is 11.4 Å². The van der Waals surface area contributed by atoms with Crippen LogP contribution in [0.3, 0.4) is 0 Å². The largest absolute Gasteiger partial charge is 0.393 e. The number of aliphatic hydroxyl groups is 1. The maximum Gasteiger partial charge on any atom is 0.101 e. The zero-order valence-electron chi connectivity index (χ0n) is 13.7. The first-order valence-corrected chi connectivity index (χ1v) is 8.37. The number of nitrogens with zero attached hydrogens (tertiary/aromatic N) is 2. The van der Waals surface area contributed by atoms with E-state index in [9.17, 15) is 10.4 Å². The van der Waals surface area contributed by atoms with Crippen LogP contribution < -0.4 is 10.2 Å². The molecule has 1 fully saturated rings. The molecule has 1 heterocycles. The number of benzene rings is 1. The van der Waals surface area contributed by atoms with E-state index >= 15 is 0 Å². The summed E-state index contributed by atoms with van der Waals surface area (Å²) in [6, 6.07) is 8.77. The molecule has 1 saturated heterocycles. The van der Waals surface area contributed by atoms with Crippen LogP contribution in [0.25, 0.3) is 0 Å². The Morgan fingerprint density at radius 2 is 2.14 bits per heavy atom. The summed E-state index contributed by atoms with van der Waals surface area (Å²) in [5, 5.41) is 22.5. The number of unbranched alkanes of at least 4 members (excludes halogenated alkanes) is 1. The lowest BCUT2D eigenvalue weighted by molar-refractivity contribution is 0.145. The summed E-state index contributed by atoms with van der Waals surface area (Å²) in [5.41, 5.74) is 2.71. The van der Waals surface area contributed by atoms with Crippen LogP contribution >= 0.6 is 0 Å². The van der Waals surface area contributed by atoms with Crippen molar-refractivity contribution in [3.8, 4) is 6.07 Å². The summed E-state index contributed by atoms with van der Waals surface area (Å²) < 4.78 is 0. The minimum atomic E-state index is -0.192. The third kappa shape index (κ3) is 4.38. The average molecular weight is 301 g/mol. The Balaban J connectivity index is 2.06. The number of rotatable bonds is 6. The third-order valence-electron chi connectivity index (χ3n) is 4.33. The van der Waals surface area contributed by atoms with Gasteiger partial charge < -0.3 is 15.3 Å². The number of nitrogens with one attached hydrogen (secondary N) is 1. The fraction of sp³-hybridized carbons (Fsp3) is 0.611. The smallest absolute Gasteiger partial charge is 0.101 e. The van der Waals surface area contributed by atoms with E-state index in [0.717, 1.165) is 43.7 Å². The lowest BCUT2D eigenvalue weighted by atomic mass is 10.0. The summed E-state index contributed by atoms with van der Waals surface area (Å²) in [4.78, 5) is 2.20. The zero-order chi connectivity index (χ0) is 15.9. The highest BCUT2D eigenvalue weighted by Crippen LogP contribution is 2.27. The van der Waals surface area contributed by atoms with Crippen LogP contribution in [0.1, 0.15) is 51.5 Å². The van der Waals surface area contributed by atoms with Gasteiger partial charge in [0.25, 0.3) is 0 Å². The van der Waals surface area contributed by atoms with Crippen molar-refractivity contribution in [1.29, 1.82) is 5.26 Å². The molecule has 1 aromatic carbocycles. The fourth-order valence-electron chi connectivity index (χ4n) is 2.96. The van der Waals surface area contributed by atoms with E-state index in [0.29, 0.717) is 11.6 Å². The first kappa shape index (κ1) is 16.6. The van der Waals surface area contributed by atoms with Crippen LogP contribution in [0.4, 0.5) is 11.4 Å². The normalized spacial score (nSPS) is 17.1. The van der Waals surface area contributed by atoms with E-state index < -0.39 is 0 Å². The number of aliphatic hydroxyl groups excluding tert-OH is 1. The lowest BCUT2D eigenvalue weighted by Gasteiger charge is -2.32. The molecule has 4 nitrogen and oxygen atoms in total. The minimum Gasteiger partial charge on any atom is -0.393 e. The van der Waals surface area contributed by atoms with Gasteiger partial charge in [-0.15, -0.1) is 0 Å². The first-order chi connectivity index (χ1) is 10.6. The van der Waals surface area contributed by atoms with Crippen molar-refractivity contribution in [3.05, 3.63) is 23.8 Å². The topological polar surface area (TPSA) is 59.3 Å². The number of anilines is 2. The third-order valence-corrected chi connectivity index (χ3v) is 4.33. The minimum absolute atomic E-state index is 0.192. The van der Waals surface area contributed by atoms with E-state index in [1.165, 1.54) is 12.8 Å². The van der Waals surface area contributed by atoms with Gasteiger partial charge in [-0.1, -0.05) is 19.8 Å². The van der Waals surface area contributed by atoms with Crippen molar-refractivity contribution in [2.45, 2.75) is 58.1 Å². The van der Waals surface area contributed by atoms with Gasteiger partial charge in [-0.2, -0.15) is 5.26 Å². The summed E-state index contributed by atoms with van der Waals surface area (Å²) in [7, 11) is 0. The number of hydrogen-bond donors (Lipinski definition) is 2. The second-order valence-corrected chi connectivity index (χ2v) is 6.25. The zero-order valence-corrected chi connectivity index (χ0v) is 13.7. The highest BCUT2D eigenvalue weighted by Gasteiger charge is 2.19. The van der Waals surface area contributed by atoms with E-state index in [-0.39, 0.29) is 6.10 Å². The number of hydrogen-bond acceptors (Lipinski definition) is 4. The standard InChI is InChI=1S/C18H27N3O/c1-3-4-5-14(2)20-16-6-7-18(15(12-16)13-19)21-10-8-17(22)9-11-21/h6-7,12,14,17,20,22H,3-5,8-11H2,1-2H3. The van der Waals surface area contributed by atoms with E-state index in [2.05, 4.69) is 36.2 Å². The molecule has 1 unspecified atom stereocenters. The van der Waals surface area contributed by atoms with Crippen molar-refractivity contribution in [2.24, 2.45) is 0 Å². The average Bonchev–Trinajstić information content (AvgIpc) is 2.53. The molecule has 0 aromatic heterocycles. The Bertz CT molecular complexity index is 516. The molecule has 22 heavy (non-hydrogen) atoms. The van der Waals surface area contributed by atoms with Gasteiger partial charge in [0.2, 0.25) is 0 Å². The van der Waals surface area contributed by atoms with Gasteiger partial charge in [-0.25, -0.2) is 0 Å². The number of piperidine rings is 1. The Labute approximate surface area is 133 Å². The predicted molar refractivity (Wildman–Crippen MR) is 91.2 cm³/mol. The quantitative estimate of drug-likeness (QED) is 0.844. The Hall–Kier alpha value is -1.73. The van der Waals surface area contributed by atoms with E-state index in [1.807, 2.05) is 12.1 Å². The molecule has 2 N–H and O–H groups in total. The molecule has 0 spiro atoms. The second kappa shape index (κ2) is 8.05. The Morgan fingerprint density at radius 1 is 1.41 bits per heavy atom. The molecule has 1 aliphatic rings. The molecule has 0 bridgehead atoms. The van der Waals surface area contributed by atoms with Crippen LogP contribution in [0.2, 0.25) is 0 Å². The van der Waals surface area contributed by atoms with Crippen LogP contribution in [0.15, 0.2) is 18.2 Å². The van der Waals surface area contributed by atoms with Gasteiger partial charge in [0.1, 0.15) is 6.07 Å². The lowest BCUT2D eigenvalue weighted by Crippen LogP contribution is -2.36. The Morgan fingerprint density at radius 3 is 2.77 bits per heavy atom. The van der Waals surface area contributed by atoms with Crippen molar-refractivity contribution < 1.29 is 5.11 Å². The van der Waals surface area contributed by atoms with Crippen molar-refractivity contribution in [1.82, 2.24) is 0 Å². The van der Waals surface area contributed by atoms with Crippen molar-refractivity contribution in [3.63, 3.8) is 0 Å². The fourth-order valence-corrected chi connectivity index (χ4v) is 2.96. The molecule has 2 rings (SSSR count). The van der Waals surface area contributed by atoms with Crippen LogP contribution in [0, 0.1) is 11.3 Å². The van der Waals surface area contributed by atoms with Gasteiger partial charge in [-0.3, -0.25) is 0 Å². The van der Waals surface area contributed by atoms with E-state index in [4.69, 9.17) is 0 Å². The molecule has 0 saturated carbocycles. The van der Waals surface area contributed by atoms with Crippen LogP contribution in [-0.4, -0.2) is 30.3 Å². The Kier molecular flexibility index (Phi) is 6.09. The summed E-state index contributed by atoms with van der Waals surface area (Å²) >= 11 is 0. The summed E-state index contributed by atoms with van der Waals surface area (Å²) in [6.45, 7) is 6.01. The first-order valence-electron chi connectivity index (χ1n) is 8.37. The van der Waals surface area contributed by atoms with Gasteiger partial charge >= 0.3 is 0 Å². The molecule has 1 atom stereocenters. The maximum absolute atomic E-state index is 9.61. The predicted octanol–water partition coefficient (Wildman–Crippen LogP) is 3.51. The van der Waals surface area contributed by atoms with Gasteiger partial charge in [0.15, 0.2) is 0 Å². The highest BCUT2D eigenvalue weighted by atomic mass is 16.3. The molecule has 0 amide bonds. The molecular formula is C18H27N3O. The van der Waals surface area contributed by atoms with Gasteiger partial charge in [0, 0.05) is 24.8 Å². The van der Waals surface area contributed by atoms with Gasteiger partial charge in [0.05, 0.1) is 17.4 Å². The van der Waals surface area contributed by atoms with E-state index in [1.54, 1.807) is 0 Å². The highest BCUT2D eigenvalue weighted by molar-refractivity contribution is 5.65. The summed E-state index contributed by atoms with van der Waals surface area (Å²) in [6.07, 6.45) is 4.92. The van der Waals surface area contributed by atoms with Gasteiger partial charge in [-0.05, 0) is 44.4 Å².